The summed E-state index contributed by atoms with van der Waals surface area (Å²) in [6, 6.07) is 1.74. The van der Waals surface area contributed by atoms with Crippen molar-refractivity contribution < 1.29 is 4.79 Å². The van der Waals surface area contributed by atoms with E-state index < -0.39 is 0 Å². The van der Waals surface area contributed by atoms with Crippen LogP contribution in [-0.2, 0) is 4.79 Å². The van der Waals surface area contributed by atoms with E-state index in [0.29, 0.717) is 17.5 Å². The van der Waals surface area contributed by atoms with Crippen LogP contribution in [-0.4, -0.2) is 24.2 Å². The Hall–Kier alpha value is -0.520. The molecule has 2 rings (SSSR count). The first-order valence-electron chi connectivity index (χ1n) is 4.44. The molecule has 1 aliphatic rings. The lowest BCUT2D eigenvalue weighted by atomic mass is 10.2. The summed E-state index contributed by atoms with van der Waals surface area (Å²) in [6.45, 7) is 0.688. The maximum Gasteiger partial charge on any atom is 0.237 e. The van der Waals surface area contributed by atoms with Crippen LogP contribution in [0.25, 0.3) is 0 Å². The van der Waals surface area contributed by atoms with E-state index in [1.165, 1.54) is 5.56 Å². The Kier molecular flexibility index (Phi) is 3.10. The maximum atomic E-state index is 11.3. The lowest BCUT2D eigenvalue weighted by molar-refractivity contribution is -0.121. The number of thioether (sulfide) groups is 1. The number of carbonyl (C=O) groups excluding carboxylic acids is 1. The molecule has 0 aliphatic carbocycles. The lowest BCUT2D eigenvalue weighted by Gasteiger charge is -2.10. The molecule has 1 saturated heterocycles. The fourth-order valence-corrected chi connectivity index (χ4v) is 3.28. The third kappa shape index (κ3) is 2.10. The van der Waals surface area contributed by atoms with Gasteiger partial charge >= 0.3 is 0 Å². The largest absolute Gasteiger partial charge is 0.353 e. The second-order valence-corrected chi connectivity index (χ2v) is 5.25. The van der Waals surface area contributed by atoms with E-state index in [1.807, 2.05) is 0 Å². The summed E-state index contributed by atoms with van der Waals surface area (Å²) in [5.74, 6) is 0.669. The van der Waals surface area contributed by atoms with Crippen molar-refractivity contribution in [2.24, 2.45) is 5.73 Å². The molecule has 0 spiro atoms. The Morgan fingerprint density at radius 3 is 3.14 bits per heavy atom. The fraction of sp³-hybridized carbons (Fsp3) is 0.444. The fourth-order valence-electron chi connectivity index (χ4n) is 1.35. The topological polar surface area (TPSA) is 55.1 Å². The average molecular weight is 228 g/mol. The normalized spacial score (nSPS) is 28.2. The van der Waals surface area contributed by atoms with Crippen molar-refractivity contribution in [3.05, 3.63) is 22.4 Å². The molecular formula is C9H12N2OS2. The van der Waals surface area contributed by atoms with Crippen molar-refractivity contribution in [1.82, 2.24) is 5.32 Å². The number of amides is 1. The van der Waals surface area contributed by atoms with Gasteiger partial charge in [-0.2, -0.15) is 11.3 Å². The van der Waals surface area contributed by atoms with Crippen molar-refractivity contribution in [2.45, 2.75) is 11.3 Å². The van der Waals surface area contributed by atoms with Crippen LogP contribution in [0.5, 0.6) is 0 Å². The molecule has 1 fully saturated rings. The first-order valence-corrected chi connectivity index (χ1v) is 6.43. The highest BCUT2D eigenvalue weighted by atomic mass is 32.2. The van der Waals surface area contributed by atoms with Crippen LogP contribution >= 0.6 is 23.1 Å². The summed E-state index contributed by atoms with van der Waals surface area (Å²) < 4.78 is 0. The second kappa shape index (κ2) is 4.33. The van der Waals surface area contributed by atoms with Gasteiger partial charge in [0.15, 0.2) is 0 Å². The average Bonchev–Trinajstić information content (AvgIpc) is 2.65. The minimum Gasteiger partial charge on any atom is -0.353 e. The van der Waals surface area contributed by atoms with Crippen molar-refractivity contribution >= 4 is 29.0 Å². The molecule has 0 bridgehead atoms. The van der Waals surface area contributed by atoms with Crippen LogP contribution in [0.2, 0.25) is 0 Å². The van der Waals surface area contributed by atoms with Crippen LogP contribution in [0.3, 0.4) is 0 Å². The van der Waals surface area contributed by atoms with Crippen LogP contribution in [0.1, 0.15) is 10.8 Å². The van der Waals surface area contributed by atoms with Gasteiger partial charge in [-0.15, -0.1) is 11.8 Å². The van der Waals surface area contributed by atoms with Crippen LogP contribution in [0.15, 0.2) is 16.8 Å². The Morgan fingerprint density at radius 2 is 2.43 bits per heavy atom. The monoisotopic (exact) mass is 228 g/mol. The van der Waals surface area contributed by atoms with Gasteiger partial charge in [-0.1, -0.05) is 0 Å². The molecule has 3 N–H and O–H groups in total. The minimum absolute atomic E-state index is 0.0322. The molecule has 2 unspecified atom stereocenters. The third-order valence-corrected chi connectivity index (χ3v) is 4.28. The van der Waals surface area contributed by atoms with E-state index in [9.17, 15) is 4.79 Å². The predicted molar refractivity (Wildman–Crippen MR) is 60.5 cm³/mol. The zero-order valence-corrected chi connectivity index (χ0v) is 9.24. The summed E-state index contributed by atoms with van der Waals surface area (Å²) in [4.78, 5) is 11.3. The summed E-state index contributed by atoms with van der Waals surface area (Å²) >= 11 is 3.44. The summed E-state index contributed by atoms with van der Waals surface area (Å²) in [6.07, 6.45) is 0. The van der Waals surface area contributed by atoms with Crippen LogP contribution in [0, 0.1) is 0 Å². The van der Waals surface area contributed by atoms with Gasteiger partial charge in [-0.3, -0.25) is 4.79 Å². The summed E-state index contributed by atoms with van der Waals surface area (Å²) in [5.41, 5.74) is 6.95. The predicted octanol–water partition coefficient (Wildman–Crippen LogP) is 0.979. The van der Waals surface area contributed by atoms with Gasteiger partial charge in [0.1, 0.15) is 0 Å². The van der Waals surface area contributed by atoms with Gasteiger partial charge in [0.25, 0.3) is 0 Å². The second-order valence-electron chi connectivity index (χ2n) is 3.23. The molecule has 5 heteroatoms. The minimum atomic E-state index is -0.358. The lowest BCUT2D eigenvalue weighted by Crippen LogP contribution is -2.40. The number of rotatable bonds is 1. The quantitative estimate of drug-likeness (QED) is 0.753. The Bertz CT molecular complexity index is 313. The molecule has 1 aliphatic heterocycles. The molecule has 1 amide bonds. The molecule has 1 aromatic heterocycles. The van der Waals surface area contributed by atoms with Crippen molar-refractivity contribution in [3.8, 4) is 0 Å². The highest BCUT2D eigenvalue weighted by molar-refractivity contribution is 7.99. The van der Waals surface area contributed by atoms with Crippen LogP contribution < -0.4 is 11.1 Å². The van der Waals surface area contributed by atoms with Gasteiger partial charge < -0.3 is 11.1 Å². The Morgan fingerprint density at radius 1 is 1.57 bits per heavy atom. The molecule has 2 atom stereocenters. The summed E-state index contributed by atoms with van der Waals surface area (Å²) in [7, 11) is 0. The highest BCUT2D eigenvalue weighted by Gasteiger charge is 2.23. The van der Waals surface area contributed by atoms with E-state index in [4.69, 9.17) is 5.73 Å². The van der Waals surface area contributed by atoms with Gasteiger partial charge in [-0.05, 0) is 22.4 Å². The van der Waals surface area contributed by atoms with Crippen molar-refractivity contribution in [3.63, 3.8) is 0 Å². The molecular weight excluding hydrogens is 216 g/mol. The van der Waals surface area contributed by atoms with Gasteiger partial charge in [0.2, 0.25) is 5.91 Å². The van der Waals surface area contributed by atoms with Gasteiger partial charge in [0, 0.05) is 17.5 Å². The first kappa shape index (κ1) is 10.0. The van der Waals surface area contributed by atoms with E-state index in [2.05, 4.69) is 22.1 Å². The Labute approximate surface area is 91.1 Å². The standard InChI is InChI=1S/C9H12N2OS2/c10-7-5-14-8(3-11-9(7)12)6-1-2-13-4-6/h1-2,4,7-8H,3,5,10H2,(H,11,12). The number of nitrogens with one attached hydrogen (secondary N) is 1. The molecule has 0 aromatic carbocycles. The molecule has 1 aromatic rings. The molecule has 0 radical (unpaired) electrons. The van der Waals surface area contributed by atoms with Gasteiger partial charge in [-0.25, -0.2) is 0 Å². The first-order chi connectivity index (χ1) is 6.77. The van der Waals surface area contributed by atoms with Gasteiger partial charge in [0.05, 0.1) is 6.04 Å². The van der Waals surface area contributed by atoms with E-state index in [0.717, 1.165) is 0 Å². The molecule has 2 heterocycles. The highest BCUT2D eigenvalue weighted by Crippen LogP contribution is 2.31. The number of hydrogen-bond acceptors (Lipinski definition) is 4. The van der Waals surface area contributed by atoms with Crippen molar-refractivity contribution in [2.75, 3.05) is 12.3 Å². The van der Waals surface area contributed by atoms with E-state index in [1.54, 1.807) is 23.1 Å². The Balaban J connectivity index is 2.06. The van der Waals surface area contributed by atoms with Crippen molar-refractivity contribution in [1.29, 1.82) is 0 Å². The summed E-state index contributed by atoms with van der Waals surface area (Å²) in [5, 5.41) is 7.40. The molecule has 0 saturated carbocycles. The maximum absolute atomic E-state index is 11.3. The number of nitrogens with two attached hydrogens (primary N) is 1. The molecule has 3 nitrogen and oxygen atoms in total. The van der Waals surface area contributed by atoms with E-state index >= 15 is 0 Å². The third-order valence-electron chi connectivity index (χ3n) is 2.19. The van der Waals surface area contributed by atoms with Crippen LogP contribution in [0.4, 0.5) is 0 Å². The zero-order valence-electron chi connectivity index (χ0n) is 7.60. The smallest absolute Gasteiger partial charge is 0.237 e. The molecule has 14 heavy (non-hydrogen) atoms. The number of hydrogen-bond donors (Lipinski definition) is 2. The number of thiophene rings is 1. The number of carbonyl (C=O) groups is 1. The SMILES string of the molecule is NC1CSC(c2ccsc2)CNC1=O. The van der Waals surface area contributed by atoms with E-state index in [-0.39, 0.29) is 11.9 Å². The zero-order chi connectivity index (χ0) is 9.97. The molecule has 76 valence electrons.